The van der Waals surface area contributed by atoms with Crippen molar-refractivity contribution in [3.8, 4) is 0 Å². The summed E-state index contributed by atoms with van der Waals surface area (Å²) in [5, 5.41) is 12.4. The Labute approximate surface area is 99.3 Å². The number of nitrogens with one attached hydrogen (secondary N) is 1. The van der Waals surface area contributed by atoms with Crippen LogP contribution in [0.3, 0.4) is 0 Å². The number of hydrogen-bond donors (Lipinski definition) is 2. The first kappa shape index (κ1) is 10.5. The highest BCUT2D eigenvalue weighted by atomic mass is 16.4. The average Bonchev–Trinajstić information content (AvgIpc) is 2.71. The number of aromatic nitrogens is 2. The Morgan fingerprint density at radius 3 is 2.76 bits per heavy atom. The predicted molar refractivity (Wildman–Crippen MR) is 61.9 cm³/mol. The normalized spacial score (nSPS) is 20.5. The molecule has 0 saturated heterocycles. The van der Waals surface area contributed by atoms with E-state index >= 15 is 0 Å². The molecule has 0 aromatic carbocycles. The first-order chi connectivity index (χ1) is 8.21. The molecular formula is C12H15N3O2. The number of nitrogens with zero attached hydrogens (tertiary/aromatic N) is 2. The van der Waals surface area contributed by atoms with E-state index in [-0.39, 0.29) is 0 Å². The van der Waals surface area contributed by atoms with Gasteiger partial charge in [0.2, 0.25) is 0 Å². The molecule has 0 aliphatic heterocycles. The van der Waals surface area contributed by atoms with Gasteiger partial charge in [0.25, 0.3) is 0 Å². The maximum Gasteiger partial charge on any atom is 0.329 e. The monoisotopic (exact) mass is 233 g/mol. The van der Waals surface area contributed by atoms with Gasteiger partial charge in [0.15, 0.2) is 0 Å². The maximum absolute atomic E-state index is 11.3. The minimum atomic E-state index is -0.787. The SMILES string of the molecule is O=C(O)C1(Nc2ncnc3c2CCC3)CCC1. The van der Waals surface area contributed by atoms with E-state index < -0.39 is 11.5 Å². The summed E-state index contributed by atoms with van der Waals surface area (Å²) in [6.45, 7) is 0. The number of rotatable bonds is 3. The van der Waals surface area contributed by atoms with Gasteiger partial charge in [0, 0.05) is 11.3 Å². The Balaban J connectivity index is 1.91. The number of anilines is 1. The number of fused-ring (bicyclic) bond motifs is 1. The molecule has 2 aliphatic carbocycles. The van der Waals surface area contributed by atoms with Crippen LogP contribution in [-0.4, -0.2) is 26.6 Å². The van der Waals surface area contributed by atoms with Crippen LogP contribution in [-0.2, 0) is 17.6 Å². The van der Waals surface area contributed by atoms with Gasteiger partial charge >= 0.3 is 5.97 Å². The molecule has 3 rings (SSSR count). The molecule has 0 atom stereocenters. The lowest BCUT2D eigenvalue weighted by Gasteiger charge is -2.39. The Morgan fingerprint density at radius 2 is 2.12 bits per heavy atom. The molecular weight excluding hydrogens is 218 g/mol. The zero-order valence-corrected chi connectivity index (χ0v) is 9.57. The van der Waals surface area contributed by atoms with Gasteiger partial charge in [-0.15, -0.1) is 0 Å². The zero-order valence-electron chi connectivity index (χ0n) is 9.57. The quantitative estimate of drug-likeness (QED) is 0.825. The van der Waals surface area contributed by atoms with E-state index in [2.05, 4.69) is 15.3 Å². The molecule has 17 heavy (non-hydrogen) atoms. The highest BCUT2D eigenvalue weighted by Crippen LogP contribution is 2.37. The topological polar surface area (TPSA) is 75.1 Å². The van der Waals surface area contributed by atoms with Gasteiger partial charge in [-0.1, -0.05) is 0 Å². The maximum atomic E-state index is 11.3. The largest absolute Gasteiger partial charge is 0.480 e. The van der Waals surface area contributed by atoms with Crippen molar-refractivity contribution >= 4 is 11.8 Å². The van der Waals surface area contributed by atoms with Crippen molar-refractivity contribution in [3.05, 3.63) is 17.6 Å². The number of carboxylic acid groups (broad SMARTS) is 1. The molecule has 5 heteroatoms. The van der Waals surface area contributed by atoms with Gasteiger partial charge in [-0.05, 0) is 38.5 Å². The lowest BCUT2D eigenvalue weighted by Crippen LogP contribution is -2.52. The van der Waals surface area contributed by atoms with E-state index in [1.165, 1.54) is 6.33 Å². The third-order valence-corrected chi connectivity index (χ3v) is 3.85. The number of aryl methyl sites for hydroxylation is 1. The standard InChI is InChI=1S/C12H15N3O2/c16-11(17)12(5-2-6-12)15-10-8-3-1-4-9(8)13-7-14-10/h7H,1-6H2,(H,16,17)(H,13,14,15). The minimum absolute atomic E-state index is 0.682. The van der Waals surface area contributed by atoms with Crippen molar-refractivity contribution in [1.29, 1.82) is 0 Å². The fraction of sp³-hybridized carbons (Fsp3) is 0.583. The number of aliphatic carboxylic acids is 1. The van der Waals surface area contributed by atoms with E-state index in [1.807, 2.05) is 0 Å². The second-order valence-corrected chi connectivity index (χ2v) is 4.87. The summed E-state index contributed by atoms with van der Waals surface area (Å²) in [6, 6.07) is 0. The zero-order chi connectivity index (χ0) is 11.9. The van der Waals surface area contributed by atoms with Gasteiger partial charge in [-0.25, -0.2) is 14.8 Å². The van der Waals surface area contributed by atoms with Gasteiger partial charge < -0.3 is 10.4 Å². The Kier molecular flexibility index (Phi) is 2.28. The third kappa shape index (κ3) is 1.57. The molecule has 0 spiro atoms. The molecule has 1 fully saturated rings. The first-order valence-electron chi connectivity index (χ1n) is 6.06. The van der Waals surface area contributed by atoms with Gasteiger partial charge in [0.1, 0.15) is 17.7 Å². The summed E-state index contributed by atoms with van der Waals surface area (Å²) in [5.41, 5.74) is 1.40. The van der Waals surface area contributed by atoms with Crippen molar-refractivity contribution in [2.24, 2.45) is 0 Å². The van der Waals surface area contributed by atoms with Crippen LogP contribution in [0.25, 0.3) is 0 Å². The second kappa shape index (κ2) is 3.68. The van der Waals surface area contributed by atoms with Crippen molar-refractivity contribution < 1.29 is 9.90 Å². The van der Waals surface area contributed by atoms with Crippen LogP contribution in [0.5, 0.6) is 0 Å². The molecule has 5 nitrogen and oxygen atoms in total. The van der Waals surface area contributed by atoms with Crippen molar-refractivity contribution in [2.45, 2.75) is 44.1 Å². The Hall–Kier alpha value is -1.65. The van der Waals surface area contributed by atoms with Crippen molar-refractivity contribution in [1.82, 2.24) is 9.97 Å². The van der Waals surface area contributed by atoms with Gasteiger partial charge in [0.05, 0.1) is 0 Å². The Bertz CT molecular complexity index is 469. The van der Waals surface area contributed by atoms with E-state index in [4.69, 9.17) is 0 Å². The average molecular weight is 233 g/mol. The molecule has 0 bridgehead atoms. The summed E-state index contributed by atoms with van der Waals surface area (Å²) in [6.07, 6.45) is 6.87. The first-order valence-corrected chi connectivity index (χ1v) is 6.06. The predicted octanol–water partition coefficient (Wildman–Crippen LogP) is 1.38. The smallest absolute Gasteiger partial charge is 0.329 e. The summed E-state index contributed by atoms with van der Waals surface area (Å²) >= 11 is 0. The fourth-order valence-corrected chi connectivity index (χ4v) is 2.62. The lowest BCUT2D eigenvalue weighted by molar-refractivity contribution is -0.145. The van der Waals surface area contributed by atoms with Crippen LogP contribution in [0.4, 0.5) is 5.82 Å². The van der Waals surface area contributed by atoms with Crippen LogP contribution >= 0.6 is 0 Å². The van der Waals surface area contributed by atoms with Crippen LogP contribution in [0.15, 0.2) is 6.33 Å². The third-order valence-electron chi connectivity index (χ3n) is 3.85. The minimum Gasteiger partial charge on any atom is -0.480 e. The highest BCUT2D eigenvalue weighted by molar-refractivity contribution is 5.84. The molecule has 90 valence electrons. The lowest BCUT2D eigenvalue weighted by atomic mass is 9.76. The summed E-state index contributed by atoms with van der Waals surface area (Å²) in [7, 11) is 0. The number of hydrogen-bond acceptors (Lipinski definition) is 4. The van der Waals surface area contributed by atoms with Gasteiger partial charge in [-0.3, -0.25) is 0 Å². The van der Waals surface area contributed by atoms with Crippen LogP contribution in [0.2, 0.25) is 0 Å². The van der Waals surface area contributed by atoms with Crippen molar-refractivity contribution in [3.63, 3.8) is 0 Å². The molecule has 0 amide bonds. The van der Waals surface area contributed by atoms with Crippen LogP contribution < -0.4 is 5.32 Å². The summed E-state index contributed by atoms with van der Waals surface area (Å²) in [5.74, 6) is -0.0382. The molecule has 2 aliphatic rings. The molecule has 1 saturated carbocycles. The second-order valence-electron chi connectivity index (χ2n) is 4.87. The summed E-state index contributed by atoms with van der Waals surface area (Å²) in [4.78, 5) is 19.8. The number of carboxylic acids is 1. The summed E-state index contributed by atoms with van der Waals surface area (Å²) < 4.78 is 0. The van der Waals surface area contributed by atoms with Crippen LogP contribution in [0, 0.1) is 0 Å². The van der Waals surface area contributed by atoms with E-state index in [0.717, 1.165) is 42.8 Å². The molecule has 0 radical (unpaired) electrons. The molecule has 0 unspecified atom stereocenters. The molecule has 1 heterocycles. The van der Waals surface area contributed by atoms with Crippen LogP contribution in [0.1, 0.15) is 36.9 Å². The number of carbonyl (C=O) groups is 1. The fourth-order valence-electron chi connectivity index (χ4n) is 2.62. The van der Waals surface area contributed by atoms with E-state index in [9.17, 15) is 9.90 Å². The molecule has 1 aromatic heterocycles. The van der Waals surface area contributed by atoms with E-state index in [1.54, 1.807) is 0 Å². The molecule has 2 N–H and O–H groups in total. The highest BCUT2D eigenvalue weighted by Gasteiger charge is 2.45. The van der Waals surface area contributed by atoms with Gasteiger partial charge in [-0.2, -0.15) is 0 Å². The molecule has 1 aromatic rings. The van der Waals surface area contributed by atoms with Crippen molar-refractivity contribution in [2.75, 3.05) is 5.32 Å². The van der Waals surface area contributed by atoms with E-state index in [0.29, 0.717) is 12.8 Å². The Morgan fingerprint density at radius 1 is 1.29 bits per heavy atom.